The molecule has 0 spiro atoms. The molecule has 0 atom stereocenters. The lowest BCUT2D eigenvalue weighted by atomic mass is 10.2. The van der Waals surface area contributed by atoms with Gasteiger partial charge in [0.1, 0.15) is 18.1 Å². The third-order valence-corrected chi connectivity index (χ3v) is 5.07. The van der Waals surface area contributed by atoms with Gasteiger partial charge in [-0.2, -0.15) is 0 Å². The predicted molar refractivity (Wildman–Crippen MR) is 110 cm³/mol. The topological polar surface area (TPSA) is 58.8 Å². The number of amides is 1. The van der Waals surface area contributed by atoms with Gasteiger partial charge >= 0.3 is 0 Å². The maximum atomic E-state index is 12.7. The van der Waals surface area contributed by atoms with Crippen LogP contribution in [0.4, 0.5) is 0 Å². The number of carbonyl (C=O) groups is 1. The molecule has 1 fully saturated rings. The van der Waals surface area contributed by atoms with Gasteiger partial charge in [-0.15, -0.1) is 0 Å². The number of carbonyl (C=O) groups excluding carboxylic acids is 1. The summed E-state index contributed by atoms with van der Waals surface area (Å²) in [6.07, 6.45) is 3.66. The van der Waals surface area contributed by atoms with Crippen LogP contribution in [0.25, 0.3) is 0 Å². The van der Waals surface area contributed by atoms with Crippen molar-refractivity contribution in [3.05, 3.63) is 83.0 Å². The summed E-state index contributed by atoms with van der Waals surface area (Å²) in [6, 6.07) is 14.7. The third kappa shape index (κ3) is 5.16. The quantitative estimate of drug-likeness (QED) is 0.616. The molecule has 150 valence electrons. The molecule has 0 radical (unpaired) electrons. The van der Waals surface area contributed by atoms with Crippen LogP contribution in [0.5, 0.6) is 5.75 Å². The highest BCUT2D eigenvalue weighted by Crippen LogP contribution is 2.20. The number of pyridine rings is 1. The zero-order chi connectivity index (χ0) is 20.1. The smallest absolute Gasteiger partial charge is 0.289 e. The van der Waals surface area contributed by atoms with Crippen molar-refractivity contribution in [2.45, 2.75) is 13.2 Å². The van der Waals surface area contributed by atoms with Crippen LogP contribution in [-0.4, -0.2) is 46.9 Å². The monoisotopic (exact) mass is 411 g/mol. The molecule has 7 heteroatoms. The second-order valence-electron chi connectivity index (χ2n) is 6.94. The van der Waals surface area contributed by atoms with Gasteiger partial charge in [-0.05, 0) is 42.0 Å². The molecule has 1 amide bonds. The van der Waals surface area contributed by atoms with Crippen LogP contribution in [0.1, 0.15) is 21.9 Å². The molecule has 29 heavy (non-hydrogen) atoms. The Hall–Kier alpha value is -2.83. The number of nitrogens with zero attached hydrogens (tertiary/aromatic N) is 3. The van der Waals surface area contributed by atoms with E-state index in [-0.39, 0.29) is 12.5 Å². The number of hydrogen-bond acceptors (Lipinski definition) is 5. The van der Waals surface area contributed by atoms with Gasteiger partial charge in [0.05, 0.1) is 0 Å². The van der Waals surface area contributed by atoms with Crippen LogP contribution in [0, 0.1) is 0 Å². The lowest BCUT2D eigenvalue weighted by molar-refractivity contribution is 0.0594. The van der Waals surface area contributed by atoms with E-state index >= 15 is 0 Å². The van der Waals surface area contributed by atoms with E-state index in [0.717, 1.165) is 19.6 Å². The van der Waals surface area contributed by atoms with Crippen molar-refractivity contribution >= 4 is 17.5 Å². The molecule has 0 aliphatic carbocycles. The van der Waals surface area contributed by atoms with E-state index in [0.29, 0.717) is 35.4 Å². The Balaban J connectivity index is 1.28. The molecule has 1 aromatic carbocycles. The van der Waals surface area contributed by atoms with Gasteiger partial charge in [0.2, 0.25) is 0 Å². The Morgan fingerprint density at radius 1 is 1.10 bits per heavy atom. The first kappa shape index (κ1) is 19.5. The maximum Gasteiger partial charge on any atom is 0.289 e. The summed E-state index contributed by atoms with van der Waals surface area (Å²) in [5.74, 6) is 1.52. The Labute approximate surface area is 174 Å². The van der Waals surface area contributed by atoms with Crippen molar-refractivity contribution in [2.24, 2.45) is 0 Å². The number of furan rings is 1. The molecule has 0 N–H and O–H groups in total. The van der Waals surface area contributed by atoms with Crippen molar-refractivity contribution in [2.75, 3.05) is 26.2 Å². The lowest BCUT2D eigenvalue weighted by Gasteiger charge is -2.34. The Kier molecular flexibility index (Phi) is 6.12. The van der Waals surface area contributed by atoms with Crippen molar-refractivity contribution in [3.63, 3.8) is 0 Å². The van der Waals surface area contributed by atoms with Crippen molar-refractivity contribution in [1.82, 2.24) is 14.8 Å². The molecule has 1 aliphatic heterocycles. The summed E-state index contributed by atoms with van der Waals surface area (Å²) in [7, 11) is 0. The molecule has 3 aromatic rings. The van der Waals surface area contributed by atoms with Gasteiger partial charge in [0.25, 0.3) is 5.91 Å². The first-order chi connectivity index (χ1) is 14.2. The number of halogens is 1. The third-order valence-electron chi connectivity index (χ3n) is 4.84. The molecular formula is C22H22ClN3O3. The van der Waals surface area contributed by atoms with Crippen molar-refractivity contribution in [3.8, 4) is 5.75 Å². The fourth-order valence-electron chi connectivity index (χ4n) is 3.30. The molecule has 6 nitrogen and oxygen atoms in total. The number of aromatic nitrogens is 1. The highest BCUT2D eigenvalue weighted by molar-refractivity contribution is 6.30. The minimum atomic E-state index is -0.0833. The van der Waals surface area contributed by atoms with Crippen LogP contribution in [0.15, 0.2) is 65.3 Å². The predicted octanol–water partition coefficient (Wildman–Crippen LogP) is 3.87. The fourth-order valence-corrected chi connectivity index (χ4v) is 3.48. The molecule has 0 bridgehead atoms. The van der Waals surface area contributed by atoms with Gasteiger partial charge in [0.15, 0.2) is 5.76 Å². The molecule has 0 saturated carbocycles. The molecular weight excluding hydrogens is 390 g/mol. The summed E-state index contributed by atoms with van der Waals surface area (Å²) < 4.78 is 11.4. The summed E-state index contributed by atoms with van der Waals surface area (Å²) in [5.41, 5.74) is 1.18. The largest absolute Gasteiger partial charge is 0.486 e. The molecule has 3 heterocycles. The number of piperazine rings is 1. The van der Waals surface area contributed by atoms with E-state index in [4.69, 9.17) is 20.8 Å². The van der Waals surface area contributed by atoms with E-state index in [9.17, 15) is 4.79 Å². The first-order valence-electron chi connectivity index (χ1n) is 9.55. The number of benzene rings is 1. The normalized spacial score (nSPS) is 14.7. The van der Waals surface area contributed by atoms with Crippen molar-refractivity contribution in [1.29, 1.82) is 0 Å². The standard InChI is InChI=1S/C22H22ClN3O3/c23-18-4-1-5-19(13-18)28-16-20-6-7-21(29-20)22(27)26-11-9-25(10-12-26)15-17-3-2-8-24-14-17/h1-8,13-14H,9-12,15-16H2. The van der Waals surface area contributed by atoms with E-state index in [1.165, 1.54) is 5.56 Å². The number of rotatable bonds is 6. The summed E-state index contributed by atoms with van der Waals surface area (Å²) in [4.78, 5) is 21.1. The molecule has 1 saturated heterocycles. The fraction of sp³-hybridized carbons (Fsp3) is 0.273. The Morgan fingerprint density at radius 3 is 2.72 bits per heavy atom. The molecule has 0 unspecified atom stereocenters. The lowest BCUT2D eigenvalue weighted by Crippen LogP contribution is -2.48. The zero-order valence-electron chi connectivity index (χ0n) is 16.0. The van der Waals surface area contributed by atoms with E-state index < -0.39 is 0 Å². The Bertz CT molecular complexity index is 953. The average molecular weight is 412 g/mol. The second kappa shape index (κ2) is 9.11. The highest BCUT2D eigenvalue weighted by Gasteiger charge is 2.24. The van der Waals surface area contributed by atoms with Gasteiger partial charge in [-0.3, -0.25) is 14.7 Å². The van der Waals surface area contributed by atoms with Crippen LogP contribution >= 0.6 is 11.6 Å². The van der Waals surface area contributed by atoms with Gasteiger partial charge in [0, 0.05) is 50.1 Å². The van der Waals surface area contributed by atoms with Crippen LogP contribution in [0.2, 0.25) is 5.02 Å². The minimum Gasteiger partial charge on any atom is -0.486 e. The van der Waals surface area contributed by atoms with Crippen LogP contribution in [0.3, 0.4) is 0 Å². The molecule has 1 aliphatic rings. The van der Waals surface area contributed by atoms with Gasteiger partial charge in [-0.25, -0.2) is 0 Å². The first-order valence-corrected chi connectivity index (χ1v) is 9.93. The number of hydrogen-bond donors (Lipinski definition) is 0. The van der Waals surface area contributed by atoms with Gasteiger partial charge < -0.3 is 14.1 Å². The van der Waals surface area contributed by atoms with E-state index in [1.807, 2.05) is 29.3 Å². The molecule has 2 aromatic heterocycles. The van der Waals surface area contributed by atoms with Crippen molar-refractivity contribution < 1.29 is 13.9 Å². The SMILES string of the molecule is O=C(c1ccc(COc2cccc(Cl)c2)o1)N1CCN(Cc2cccnc2)CC1. The number of ether oxygens (including phenoxy) is 1. The highest BCUT2D eigenvalue weighted by atomic mass is 35.5. The van der Waals surface area contributed by atoms with Crippen LogP contribution in [-0.2, 0) is 13.2 Å². The van der Waals surface area contributed by atoms with Gasteiger partial charge in [-0.1, -0.05) is 23.7 Å². The minimum absolute atomic E-state index is 0.0833. The Morgan fingerprint density at radius 2 is 1.97 bits per heavy atom. The van der Waals surface area contributed by atoms with E-state index in [1.54, 1.807) is 30.5 Å². The maximum absolute atomic E-state index is 12.7. The average Bonchev–Trinajstić information content (AvgIpc) is 3.22. The van der Waals surface area contributed by atoms with E-state index in [2.05, 4.69) is 16.0 Å². The summed E-state index contributed by atoms with van der Waals surface area (Å²) in [6.45, 7) is 4.09. The second-order valence-corrected chi connectivity index (χ2v) is 7.38. The van der Waals surface area contributed by atoms with Crippen LogP contribution < -0.4 is 4.74 Å². The summed E-state index contributed by atoms with van der Waals surface area (Å²) >= 11 is 5.95. The zero-order valence-corrected chi connectivity index (χ0v) is 16.7. The summed E-state index contributed by atoms with van der Waals surface area (Å²) in [5, 5.41) is 0.612. The molecule has 4 rings (SSSR count).